The lowest BCUT2D eigenvalue weighted by molar-refractivity contribution is -0.156. The van der Waals surface area contributed by atoms with Crippen molar-refractivity contribution < 1.29 is 28.7 Å². The van der Waals surface area contributed by atoms with Crippen LogP contribution < -0.4 is 16.0 Å². The quantitative estimate of drug-likeness (QED) is 0.462. The number of esters is 1. The predicted molar refractivity (Wildman–Crippen MR) is 88.8 cm³/mol. The van der Waals surface area contributed by atoms with Crippen molar-refractivity contribution in [2.24, 2.45) is 0 Å². The summed E-state index contributed by atoms with van der Waals surface area (Å²) in [5.41, 5.74) is -0.907. The molecule has 2 fully saturated rings. The van der Waals surface area contributed by atoms with Crippen molar-refractivity contribution in [3.05, 3.63) is 0 Å². The van der Waals surface area contributed by atoms with E-state index in [1.54, 1.807) is 13.8 Å². The molecule has 1 spiro atoms. The molecule has 2 rings (SSSR count). The molecule has 1 aliphatic heterocycles. The van der Waals surface area contributed by atoms with Crippen LogP contribution >= 0.6 is 0 Å². The first-order valence-electron chi connectivity index (χ1n) is 8.59. The van der Waals surface area contributed by atoms with Crippen LogP contribution in [0.25, 0.3) is 0 Å². The van der Waals surface area contributed by atoms with Gasteiger partial charge in [0, 0.05) is 6.04 Å². The first-order chi connectivity index (χ1) is 12.1. The van der Waals surface area contributed by atoms with Gasteiger partial charge in [-0.1, -0.05) is 12.8 Å². The monoisotopic (exact) mass is 368 g/mol. The molecule has 1 saturated heterocycles. The molecule has 3 N–H and O–H groups in total. The van der Waals surface area contributed by atoms with E-state index < -0.39 is 48.0 Å². The van der Waals surface area contributed by atoms with Crippen LogP contribution in [-0.2, 0) is 19.1 Å². The van der Waals surface area contributed by atoms with Crippen LogP contribution in [0.4, 0.5) is 9.59 Å². The highest BCUT2D eigenvalue weighted by molar-refractivity contribution is 6.09. The van der Waals surface area contributed by atoms with E-state index in [9.17, 15) is 24.0 Å². The van der Waals surface area contributed by atoms with Gasteiger partial charge in [0.2, 0.25) is 0 Å². The van der Waals surface area contributed by atoms with E-state index in [4.69, 9.17) is 4.74 Å². The van der Waals surface area contributed by atoms with Crippen molar-refractivity contribution in [2.75, 3.05) is 6.54 Å². The van der Waals surface area contributed by atoms with Gasteiger partial charge in [-0.15, -0.1) is 0 Å². The van der Waals surface area contributed by atoms with Gasteiger partial charge in [-0.3, -0.25) is 24.6 Å². The van der Waals surface area contributed by atoms with E-state index in [0.29, 0.717) is 12.8 Å². The van der Waals surface area contributed by atoms with Gasteiger partial charge in [-0.2, -0.15) is 0 Å². The molecule has 1 saturated carbocycles. The zero-order chi connectivity index (χ0) is 19.5. The molecule has 1 aliphatic carbocycles. The summed E-state index contributed by atoms with van der Waals surface area (Å²) in [7, 11) is 0. The van der Waals surface area contributed by atoms with Crippen LogP contribution in [-0.4, -0.2) is 59.0 Å². The Kier molecular flexibility index (Phi) is 5.83. The van der Waals surface area contributed by atoms with Gasteiger partial charge in [0.25, 0.3) is 11.8 Å². The van der Waals surface area contributed by atoms with Crippen molar-refractivity contribution in [1.29, 1.82) is 0 Å². The zero-order valence-electron chi connectivity index (χ0n) is 15.1. The van der Waals surface area contributed by atoms with Crippen molar-refractivity contribution >= 4 is 29.8 Å². The van der Waals surface area contributed by atoms with Crippen LogP contribution in [0.2, 0.25) is 0 Å². The maximum absolute atomic E-state index is 12.4. The van der Waals surface area contributed by atoms with Crippen molar-refractivity contribution in [1.82, 2.24) is 20.9 Å². The molecule has 0 bridgehead atoms. The first-order valence-corrected chi connectivity index (χ1v) is 8.59. The van der Waals surface area contributed by atoms with E-state index in [0.717, 1.165) is 17.7 Å². The van der Waals surface area contributed by atoms with Crippen molar-refractivity contribution in [3.63, 3.8) is 0 Å². The molecule has 26 heavy (non-hydrogen) atoms. The third-order valence-corrected chi connectivity index (χ3v) is 4.32. The molecule has 10 nitrogen and oxygen atoms in total. The summed E-state index contributed by atoms with van der Waals surface area (Å²) in [6, 6.07) is -1.50. The first kappa shape index (κ1) is 19.7. The summed E-state index contributed by atoms with van der Waals surface area (Å²) in [5, 5.41) is 7.16. The van der Waals surface area contributed by atoms with Gasteiger partial charge in [-0.05, 0) is 33.6 Å². The summed E-state index contributed by atoms with van der Waals surface area (Å²) in [4.78, 5) is 60.6. The van der Waals surface area contributed by atoms with E-state index in [1.807, 2.05) is 5.32 Å². The summed E-state index contributed by atoms with van der Waals surface area (Å²) < 4.78 is 4.92. The van der Waals surface area contributed by atoms with E-state index in [-0.39, 0.29) is 6.04 Å². The number of nitrogens with zero attached hydrogens (tertiary/aromatic N) is 1. The van der Waals surface area contributed by atoms with E-state index >= 15 is 0 Å². The zero-order valence-corrected chi connectivity index (χ0v) is 15.1. The number of hydrogen-bond acceptors (Lipinski definition) is 6. The van der Waals surface area contributed by atoms with Gasteiger partial charge in [0.05, 0.1) is 0 Å². The van der Waals surface area contributed by atoms with Gasteiger partial charge in [0.15, 0.2) is 6.10 Å². The molecular formula is C16H24N4O6. The molecule has 0 radical (unpaired) electrons. The SMILES string of the molecule is CC(C)NC(=O)NC(=O)[C@@H](C)OC(=O)CN1C(=O)NC2(CCCC2)C1=O. The van der Waals surface area contributed by atoms with E-state index in [1.165, 1.54) is 6.92 Å². The van der Waals surface area contributed by atoms with E-state index in [2.05, 4.69) is 10.6 Å². The minimum Gasteiger partial charge on any atom is -0.451 e. The Morgan fingerprint density at radius 2 is 1.81 bits per heavy atom. The normalized spacial score (nSPS) is 19.5. The third kappa shape index (κ3) is 4.30. The molecule has 1 heterocycles. The predicted octanol–water partition coefficient (Wildman–Crippen LogP) is 0.0169. The average Bonchev–Trinajstić information content (AvgIpc) is 3.07. The van der Waals surface area contributed by atoms with Crippen molar-refractivity contribution in [3.8, 4) is 0 Å². The Balaban J connectivity index is 1.86. The van der Waals surface area contributed by atoms with Gasteiger partial charge in [-0.25, -0.2) is 9.59 Å². The minimum atomic E-state index is -1.25. The maximum Gasteiger partial charge on any atom is 0.327 e. The molecule has 0 unspecified atom stereocenters. The van der Waals surface area contributed by atoms with Gasteiger partial charge in [0.1, 0.15) is 12.1 Å². The second-order valence-electron chi connectivity index (χ2n) is 6.86. The molecule has 6 amide bonds. The smallest absolute Gasteiger partial charge is 0.327 e. The number of ether oxygens (including phenoxy) is 1. The van der Waals surface area contributed by atoms with Crippen molar-refractivity contribution in [2.45, 2.75) is 64.1 Å². The standard InChI is InChI=1S/C16H24N4O6/c1-9(2)17-14(24)18-12(22)10(3)26-11(21)8-20-13(23)16(19-15(20)25)6-4-5-7-16/h9-10H,4-8H2,1-3H3,(H,19,25)(H2,17,18,22,24)/t10-/m1/s1. The molecule has 0 aromatic carbocycles. The Morgan fingerprint density at radius 1 is 1.19 bits per heavy atom. The lowest BCUT2D eigenvalue weighted by Gasteiger charge is -2.20. The van der Waals surface area contributed by atoms with Crippen LogP contribution in [0.1, 0.15) is 46.5 Å². The lowest BCUT2D eigenvalue weighted by atomic mass is 9.98. The van der Waals surface area contributed by atoms with Gasteiger partial charge >= 0.3 is 18.0 Å². The van der Waals surface area contributed by atoms with Crippen LogP contribution in [0.3, 0.4) is 0 Å². The minimum absolute atomic E-state index is 0.164. The number of carbonyl (C=O) groups is 5. The summed E-state index contributed by atoms with van der Waals surface area (Å²) >= 11 is 0. The Morgan fingerprint density at radius 3 is 2.38 bits per heavy atom. The third-order valence-electron chi connectivity index (χ3n) is 4.32. The highest BCUT2D eigenvalue weighted by atomic mass is 16.5. The fraction of sp³-hybridized carbons (Fsp3) is 0.688. The van der Waals surface area contributed by atoms with Crippen LogP contribution in [0.15, 0.2) is 0 Å². The fourth-order valence-corrected chi connectivity index (χ4v) is 3.07. The lowest BCUT2D eigenvalue weighted by Crippen LogP contribution is -2.47. The molecule has 0 aromatic heterocycles. The van der Waals surface area contributed by atoms with Crippen LogP contribution in [0, 0.1) is 0 Å². The number of hydrogen-bond donors (Lipinski definition) is 3. The average molecular weight is 368 g/mol. The number of amides is 6. The highest BCUT2D eigenvalue weighted by Crippen LogP contribution is 2.34. The highest BCUT2D eigenvalue weighted by Gasteiger charge is 2.52. The molecule has 1 atom stereocenters. The Labute approximate surface area is 151 Å². The second-order valence-corrected chi connectivity index (χ2v) is 6.86. The fourth-order valence-electron chi connectivity index (χ4n) is 3.07. The maximum atomic E-state index is 12.4. The Bertz CT molecular complexity index is 626. The topological polar surface area (TPSA) is 134 Å². The summed E-state index contributed by atoms with van der Waals surface area (Å²) in [6.45, 7) is 4.16. The number of imide groups is 2. The Hall–Kier alpha value is -2.65. The molecule has 10 heteroatoms. The van der Waals surface area contributed by atoms with Gasteiger partial charge < -0.3 is 15.4 Å². The largest absolute Gasteiger partial charge is 0.451 e. The number of nitrogens with one attached hydrogen (secondary N) is 3. The summed E-state index contributed by atoms with van der Waals surface area (Å²) in [5.74, 6) is -2.15. The second kappa shape index (κ2) is 7.71. The molecule has 144 valence electrons. The number of rotatable bonds is 5. The molecular weight excluding hydrogens is 344 g/mol. The number of carbonyl (C=O) groups excluding carboxylic acids is 5. The molecule has 0 aromatic rings. The van der Waals surface area contributed by atoms with Crippen LogP contribution in [0.5, 0.6) is 0 Å². The number of urea groups is 2. The molecule has 2 aliphatic rings. The summed E-state index contributed by atoms with van der Waals surface area (Å²) in [6.07, 6.45) is 1.52.